The molecule has 0 aromatic carbocycles. The van der Waals surface area contributed by atoms with Crippen LogP contribution in [0, 0.1) is 23.7 Å². The van der Waals surface area contributed by atoms with Gasteiger partial charge in [0.25, 0.3) is 0 Å². The Hall–Kier alpha value is -1.84. The van der Waals surface area contributed by atoms with Crippen LogP contribution >= 0.6 is 0 Å². The van der Waals surface area contributed by atoms with Crippen LogP contribution in [0.5, 0.6) is 0 Å². The van der Waals surface area contributed by atoms with E-state index in [1.807, 2.05) is 12.2 Å². The second-order valence-corrected chi connectivity index (χ2v) is 4.84. The van der Waals surface area contributed by atoms with E-state index in [1.54, 1.807) is 0 Å². The Morgan fingerprint density at radius 1 is 1.00 bits per heavy atom. The van der Waals surface area contributed by atoms with Gasteiger partial charge in [0, 0.05) is 0 Å². The molecule has 1 fully saturated rings. The Labute approximate surface area is 112 Å². The van der Waals surface area contributed by atoms with Crippen LogP contribution in [0.2, 0.25) is 0 Å². The maximum atomic E-state index is 12.1. The maximum Gasteiger partial charge on any atom is 0.310 e. The molecule has 4 atom stereocenters. The molecular weight excluding hydrogens is 244 g/mol. The van der Waals surface area contributed by atoms with E-state index in [0.717, 1.165) is 6.42 Å². The summed E-state index contributed by atoms with van der Waals surface area (Å²) in [7, 11) is 0. The summed E-state index contributed by atoms with van der Waals surface area (Å²) in [6.45, 7) is 7.36. The van der Waals surface area contributed by atoms with Crippen LogP contribution in [0.3, 0.4) is 0 Å². The first-order valence-corrected chi connectivity index (χ1v) is 6.42. The van der Waals surface area contributed by atoms with Gasteiger partial charge >= 0.3 is 11.9 Å². The van der Waals surface area contributed by atoms with E-state index in [2.05, 4.69) is 13.2 Å². The Kier molecular flexibility index (Phi) is 4.20. The Balaban J connectivity index is 2.08. The highest BCUT2D eigenvalue weighted by atomic mass is 16.5. The number of allylic oxidation sites excluding steroid dienone is 2. The lowest BCUT2D eigenvalue weighted by atomic mass is 9.83. The van der Waals surface area contributed by atoms with E-state index >= 15 is 0 Å². The number of ether oxygens (including phenoxy) is 2. The van der Waals surface area contributed by atoms with Gasteiger partial charge in [-0.3, -0.25) is 9.59 Å². The van der Waals surface area contributed by atoms with Gasteiger partial charge in [0.15, 0.2) is 0 Å². The summed E-state index contributed by atoms with van der Waals surface area (Å²) >= 11 is 0. The van der Waals surface area contributed by atoms with Crippen LogP contribution in [0.25, 0.3) is 0 Å². The number of esters is 2. The highest BCUT2D eigenvalue weighted by Gasteiger charge is 2.52. The number of hydrogen-bond donors (Lipinski definition) is 0. The zero-order valence-corrected chi connectivity index (χ0v) is 10.8. The number of rotatable bonds is 6. The molecule has 4 unspecified atom stereocenters. The number of hydrogen-bond acceptors (Lipinski definition) is 4. The molecule has 0 spiro atoms. The predicted molar refractivity (Wildman–Crippen MR) is 70.0 cm³/mol. The van der Waals surface area contributed by atoms with Crippen molar-refractivity contribution in [1.29, 1.82) is 0 Å². The van der Waals surface area contributed by atoms with Crippen molar-refractivity contribution in [3.05, 3.63) is 37.5 Å². The van der Waals surface area contributed by atoms with Crippen molar-refractivity contribution >= 4 is 11.9 Å². The minimum absolute atomic E-state index is 0.0867. The van der Waals surface area contributed by atoms with Crippen LogP contribution in [-0.4, -0.2) is 25.2 Å². The van der Waals surface area contributed by atoms with Crippen LogP contribution < -0.4 is 0 Å². The molecule has 0 aliphatic heterocycles. The molecule has 102 valence electrons. The lowest BCUT2D eigenvalue weighted by molar-refractivity contribution is -0.160. The molecule has 0 N–H and O–H groups in total. The summed E-state index contributed by atoms with van der Waals surface area (Å²) in [6, 6.07) is 0. The van der Waals surface area contributed by atoms with E-state index in [1.165, 1.54) is 12.2 Å². The standard InChI is InChI=1S/C15H18O4/c1-3-7-18-14(16)12-10-5-6-11(9-10)13(12)15(17)19-8-4-2/h3-6,10-13H,1-2,7-9H2. The molecule has 0 amide bonds. The molecule has 2 aliphatic rings. The molecular formula is C15H18O4. The van der Waals surface area contributed by atoms with Crippen molar-refractivity contribution in [2.24, 2.45) is 23.7 Å². The molecule has 4 heteroatoms. The second-order valence-electron chi connectivity index (χ2n) is 4.84. The molecule has 2 aliphatic carbocycles. The Morgan fingerprint density at radius 2 is 1.42 bits per heavy atom. The van der Waals surface area contributed by atoms with Crippen LogP contribution in [0.4, 0.5) is 0 Å². The molecule has 0 aromatic rings. The monoisotopic (exact) mass is 262 g/mol. The highest BCUT2D eigenvalue weighted by Crippen LogP contribution is 2.48. The largest absolute Gasteiger partial charge is 0.461 e. The fourth-order valence-electron chi connectivity index (χ4n) is 2.94. The molecule has 1 saturated carbocycles. The van der Waals surface area contributed by atoms with Gasteiger partial charge in [-0.25, -0.2) is 0 Å². The summed E-state index contributed by atoms with van der Waals surface area (Å²) in [6.07, 6.45) is 7.86. The SMILES string of the molecule is C=CCOC(=O)C1C2C=CC(C2)C1C(=O)OCC=C. The minimum atomic E-state index is -0.424. The topological polar surface area (TPSA) is 52.6 Å². The quantitative estimate of drug-likeness (QED) is 0.542. The fourth-order valence-corrected chi connectivity index (χ4v) is 2.94. The van der Waals surface area contributed by atoms with E-state index in [-0.39, 0.29) is 37.0 Å². The molecule has 0 radical (unpaired) electrons. The Bertz CT molecular complexity index is 386. The van der Waals surface area contributed by atoms with Gasteiger partial charge in [-0.1, -0.05) is 37.5 Å². The normalized spacial score (nSPS) is 30.9. The van der Waals surface area contributed by atoms with E-state index in [0.29, 0.717) is 0 Å². The van der Waals surface area contributed by atoms with Crippen LogP contribution in [-0.2, 0) is 19.1 Å². The molecule has 19 heavy (non-hydrogen) atoms. The second kappa shape index (κ2) is 5.87. The van der Waals surface area contributed by atoms with Gasteiger partial charge in [0.05, 0.1) is 11.8 Å². The predicted octanol–water partition coefficient (Wildman–Crippen LogP) is 1.88. The number of carbonyl (C=O) groups excluding carboxylic acids is 2. The lowest BCUT2D eigenvalue weighted by Crippen LogP contribution is -2.35. The third-order valence-corrected chi connectivity index (χ3v) is 3.69. The molecule has 2 rings (SSSR count). The van der Waals surface area contributed by atoms with Gasteiger partial charge in [0.1, 0.15) is 13.2 Å². The van der Waals surface area contributed by atoms with Crippen molar-refractivity contribution in [2.45, 2.75) is 6.42 Å². The van der Waals surface area contributed by atoms with Crippen molar-refractivity contribution in [3.63, 3.8) is 0 Å². The van der Waals surface area contributed by atoms with Gasteiger partial charge in [-0.05, 0) is 18.3 Å². The Morgan fingerprint density at radius 3 is 1.79 bits per heavy atom. The first-order valence-electron chi connectivity index (χ1n) is 6.42. The molecule has 0 heterocycles. The van der Waals surface area contributed by atoms with Gasteiger partial charge in [-0.15, -0.1) is 0 Å². The third kappa shape index (κ3) is 2.62. The highest BCUT2D eigenvalue weighted by molar-refractivity contribution is 5.84. The fraction of sp³-hybridized carbons (Fsp3) is 0.467. The zero-order chi connectivity index (χ0) is 13.8. The lowest BCUT2D eigenvalue weighted by Gasteiger charge is -2.24. The van der Waals surface area contributed by atoms with Crippen molar-refractivity contribution in [3.8, 4) is 0 Å². The molecule has 4 nitrogen and oxygen atoms in total. The summed E-state index contributed by atoms with van der Waals surface area (Å²) in [5, 5.41) is 0. The van der Waals surface area contributed by atoms with E-state index < -0.39 is 11.8 Å². The summed E-state index contributed by atoms with van der Waals surface area (Å²) < 4.78 is 10.2. The smallest absolute Gasteiger partial charge is 0.310 e. The number of carbonyl (C=O) groups is 2. The summed E-state index contributed by atoms with van der Waals surface area (Å²) in [5.74, 6) is -1.35. The third-order valence-electron chi connectivity index (χ3n) is 3.69. The number of fused-ring (bicyclic) bond motifs is 2. The minimum Gasteiger partial charge on any atom is -0.461 e. The van der Waals surface area contributed by atoms with Crippen molar-refractivity contribution in [1.82, 2.24) is 0 Å². The first-order chi connectivity index (χ1) is 9.19. The van der Waals surface area contributed by atoms with Crippen LogP contribution in [0.1, 0.15) is 6.42 Å². The molecule has 0 aromatic heterocycles. The van der Waals surface area contributed by atoms with Crippen molar-refractivity contribution < 1.29 is 19.1 Å². The summed E-state index contributed by atoms with van der Waals surface area (Å²) in [4.78, 5) is 24.1. The molecule has 2 bridgehead atoms. The van der Waals surface area contributed by atoms with E-state index in [4.69, 9.17) is 9.47 Å². The summed E-state index contributed by atoms with van der Waals surface area (Å²) in [5.41, 5.74) is 0. The molecule has 0 saturated heterocycles. The van der Waals surface area contributed by atoms with Gasteiger partial charge in [0.2, 0.25) is 0 Å². The van der Waals surface area contributed by atoms with Gasteiger partial charge in [-0.2, -0.15) is 0 Å². The average Bonchev–Trinajstić information content (AvgIpc) is 3.02. The average molecular weight is 262 g/mol. The zero-order valence-electron chi connectivity index (χ0n) is 10.8. The maximum absolute atomic E-state index is 12.1. The van der Waals surface area contributed by atoms with Gasteiger partial charge < -0.3 is 9.47 Å². The van der Waals surface area contributed by atoms with Crippen molar-refractivity contribution in [2.75, 3.05) is 13.2 Å². The van der Waals surface area contributed by atoms with Crippen LogP contribution in [0.15, 0.2) is 37.5 Å². The van der Waals surface area contributed by atoms with E-state index in [9.17, 15) is 9.59 Å². The first kappa shape index (κ1) is 13.6.